The van der Waals surface area contributed by atoms with Crippen LogP contribution in [0.2, 0.25) is 0 Å². The van der Waals surface area contributed by atoms with Crippen LogP contribution in [0.4, 0.5) is 0 Å². The molecular weight excluding hydrogens is 176 g/mol. The average Bonchev–Trinajstić information content (AvgIpc) is 2.03. The molecule has 0 radical (unpaired) electrons. The lowest BCUT2D eigenvalue weighted by atomic mass is 10.2. The molecule has 0 unspecified atom stereocenters. The molecule has 0 amide bonds. The molecule has 5 nitrogen and oxygen atoms in total. The van der Waals surface area contributed by atoms with Crippen LogP contribution in [0.3, 0.4) is 0 Å². The molecule has 1 aromatic carbocycles. The van der Waals surface area contributed by atoms with Crippen molar-refractivity contribution >= 4 is 5.97 Å². The number of aromatic carboxylic acids is 1. The van der Waals surface area contributed by atoms with Crippen LogP contribution in [-0.2, 0) is 0 Å². The molecular formula is C8H8O5. The van der Waals surface area contributed by atoms with Crippen molar-refractivity contribution in [3.63, 3.8) is 0 Å². The van der Waals surface area contributed by atoms with E-state index in [0.717, 1.165) is 0 Å². The maximum Gasteiger partial charge on any atom is 0.335 e. The van der Waals surface area contributed by atoms with Gasteiger partial charge in [-0.25, -0.2) is 4.79 Å². The van der Waals surface area contributed by atoms with E-state index in [1.807, 2.05) is 0 Å². The van der Waals surface area contributed by atoms with Crippen molar-refractivity contribution in [3.05, 3.63) is 29.8 Å². The lowest BCUT2D eigenvalue weighted by Gasteiger charge is -2.07. The number of hydrogen-bond acceptors (Lipinski definition) is 4. The third kappa shape index (κ3) is 2.73. The van der Waals surface area contributed by atoms with Gasteiger partial charge in [0.15, 0.2) is 0 Å². The number of ether oxygens (including phenoxy) is 1. The van der Waals surface area contributed by atoms with E-state index in [2.05, 4.69) is 4.74 Å². The van der Waals surface area contributed by atoms with Gasteiger partial charge >= 0.3 is 12.4 Å². The quantitative estimate of drug-likeness (QED) is 0.577. The van der Waals surface area contributed by atoms with Gasteiger partial charge in [0.2, 0.25) is 0 Å². The second-order valence-corrected chi connectivity index (χ2v) is 2.28. The van der Waals surface area contributed by atoms with Crippen LogP contribution >= 0.6 is 0 Å². The van der Waals surface area contributed by atoms with Crippen molar-refractivity contribution in [3.8, 4) is 5.75 Å². The second kappa shape index (κ2) is 3.88. The van der Waals surface area contributed by atoms with Crippen molar-refractivity contribution in [2.24, 2.45) is 0 Å². The van der Waals surface area contributed by atoms with Crippen LogP contribution in [0.1, 0.15) is 10.4 Å². The minimum atomic E-state index is -1.94. The second-order valence-electron chi connectivity index (χ2n) is 2.28. The molecule has 3 N–H and O–H groups in total. The number of carboxylic acids is 1. The summed E-state index contributed by atoms with van der Waals surface area (Å²) in [5.41, 5.74) is 0.0261. The number of aliphatic hydroxyl groups is 2. The highest BCUT2D eigenvalue weighted by Crippen LogP contribution is 2.13. The van der Waals surface area contributed by atoms with Gasteiger partial charge in [-0.05, 0) is 18.2 Å². The Labute approximate surface area is 73.8 Å². The maximum absolute atomic E-state index is 10.5. The Bertz CT molecular complexity index is 307. The summed E-state index contributed by atoms with van der Waals surface area (Å²) in [5, 5.41) is 25.4. The van der Waals surface area contributed by atoms with Gasteiger partial charge in [0.1, 0.15) is 5.75 Å². The summed E-state index contributed by atoms with van der Waals surface area (Å²) in [6.07, 6.45) is 0. The molecule has 0 aliphatic heterocycles. The highest BCUT2D eigenvalue weighted by molar-refractivity contribution is 5.87. The van der Waals surface area contributed by atoms with E-state index in [4.69, 9.17) is 15.3 Å². The van der Waals surface area contributed by atoms with Gasteiger partial charge in [0.05, 0.1) is 5.56 Å². The van der Waals surface area contributed by atoms with Gasteiger partial charge in [-0.15, -0.1) is 0 Å². The smallest absolute Gasteiger partial charge is 0.335 e. The number of carboxylic acid groups (broad SMARTS) is 1. The minimum absolute atomic E-state index is 0.0261. The van der Waals surface area contributed by atoms with Crippen molar-refractivity contribution in [2.75, 3.05) is 0 Å². The average molecular weight is 184 g/mol. The van der Waals surface area contributed by atoms with Gasteiger partial charge in [0, 0.05) is 0 Å². The largest absolute Gasteiger partial charge is 0.478 e. The summed E-state index contributed by atoms with van der Waals surface area (Å²) in [5.74, 6) is -1.01. The molecule has 70 valence electrons. The number of hydrogen-bond donors (Lipinski definition) is 3. The number of aliphatic hydroxyl groups excluding tert-OH is 1. The fourth-order valence-corrected chi connectivity index (χ4v) is 0.824. The highest BCUT2D eigenvalue weighted by Gasteiger charge is 2.05. The molecule has 1 rings (SSSR count). The van der Waals surface area contributed by atoms with Gasteiger partial charge in [-0.3, -0.25) is 0 Å². The first-order valence-corrected chi connectivity index (χ1v) is 3.46. The van der Waals surface area contributed by atoms with Crippen LogP contribution in [0.25, 0.3) is 0 Å². The molecule has 0 bridgehead atoms. The first-order valence-electron chi connectivity index (χ1n) is 3.46. The van der Waals surface area contributed by atoms with Crippen molar-refractivity contribution in [1.29, 1.82) is 0 Å². The highest BCUT2D eigenvalue weighted by atomic mass is 16.7. The monoisotopic (exact) mass is 184 g/mol. The van der Waals surface area contributed by atoms with E-state index in [-0.39, 0.29) is 11.3 Å². The molecule has 0 aliphatic carbocycles. The third-order valence-corrected chi connectivity index (χ3v) is 1.32. The van der Waals surface area contributed by atoms with E-state index in [0.29, 0.717) is 0 Å². The molecule has 1 aromatic rings. The van der Waals surface area contributed by atoms with E-state index < -0.39 is 12.4 Å². The molecule has 13 heavy (non-hydrogen) atoms. The van der Waals surface area contributed by atoms with Gasteiger partial charge in [-0.2, -0.15) is 0 Å². The van der Waals surface area contributed by atoms with Crippen LogP contribution in [0.5, 0.6) is 5.75 Å². The van der Waals surface area contributed by atoms with Crippen LogP contribution < -0.4 is 4.74 Å². The summed E-state index contributed by atoms with van der Waals surface area (Å²) >= 11 is 0. The molecule has 0 aromatic heterocycles. The Morgan fingerprint density at radius 2 is 2.08 bits per heavy atom. The van der Waals surface area contributed by atoms with Gasteiger partial charge in [-0.1, -0.05) is 6.07 Å². The summed E-state index contributed by atoms with van der Waals surface area (Å²) in [6.45, 7) is -1.94. The van der Waals surface area contributed by atoms with E-state index in [1.54, 1.807) is 0 Å². The predicted molar refractivity (Wildman–Crippen MR) is 42.3 cm³/mol. The normalized spacial score (nSPS) is 10.1. The minimum Gasteiger partial charge on any atom is -0.478 e. The number of rotatable bonds is 3. The summed E-state index contributed by atoms with van der Waals surface area (Å²) in [6, 6.07) is 5.44. The molecule has 0 heterocycles. The molecule has 0 saturated carbocycles. The zero-order valence-corrected chi connectivity index (χ0v) is 6.54. The maximum atomic E-state index is 10.5. The standard InChI is InChI=1S/C8H8O5/c9-7(10)5-2-1-3-6(4-5)13-8(11)12/h1-4,8,11-12H,(H,9,10). The fourth-order valence-electron chi connectivity index (χ4n) is 0.824. The number of benzene rings is 1. The van der Waals surface area contributed by atoms with Crippen molar-refractivity contribution < 1.29 is 24.9 Å². The zero-order valence-electron chi connectivity index (χ0n) is 6.54. The van der Waals surface area contributed by atoms with E-state index in [1.165, 1.54) is 24.3 Å². The van der Waals surface area contributed by atoms with E-state index >= 15 is 0 Å². The lowest BCUT2D eigenvalue weighted by molar-refractivity contribution is -0.179. The third-order valence-electron chi connectivity index (χ3n) is 1.32. The molecule has 0 aliphatic rings. The lowest BCUT2D eigenvalue weighted by Crippen LogP contribution is -2.13. The topological polar surface area (TPSA) is 87.0 Å². The van der Waals surface area contributed by atoms with Gasteiger partial charge < -0.3 is 20.1 Å². The first-order chi connectivity index (χ1) is 6.09. The first kappa shape index (κ1) is 9.50. The van der Waals surface area contributed by atoms with Crippen LogP contribution in [0, 0.1) is 0 Å². The zero-order chi connectivity index (χ0) is 9.84. The molecule has 5 heteroatoms. The molecule has 0 spiro atoms. The Morgan fingerprint density at radius 1 is 1.38 bits per heavy atom. The summed E-state index contributed by atoms with van der Waals surface area (Å²) in [7, 11) is 0. The Kier molecular flexibility index (Phi) is 2.84. The predicted octanol–water partition coefficient (Wildman–Crippen LogP) is 0.0318. The summed E-state index contributed by atoms with van der Waals surface area (Å²) in [4.78, 5) is 10.5. The Morgan fingerprint density at radius 3 is 2.62 bits per heavy atom. The van der Waals surface area contributed by atoms with Gasteiger partial charge in [0.25, 0.3) is 0 Å². The van der Waals surface area contributed by atoms with Crippen molar-refractivity contribution in [1.82, 2.24) is 0 Å². The molecule has 0 fully saturated rings. The number of carbonyl (C=O) groups is 1. The van der Waals surface area contributed by atoms with E-state index in [9.17, 15) is 4.79 Å². The molecule has 0 saturated heterocycles. The van der Waals surface area contributed by atoms with Crippen molar-refractivity contribution in [2.45, 2.75) is 6.48 Å². The van der Waals surface area contributed by atoms with Crippen LogP contribution in [0.15, 0.2) is 24.3 Å². The van der Waals surface area contributed by atoms with Crippen LogP contribution in [-0.4, -0.2) is 27.8 Å². The Hall–Kier alpha value is -1.59. The fraction of sp³-hybridized carbons (Fsp3) is 0.125. The SMILES string of the molecule is O=C(O)c1cccc(OC(O)O)c1. The Balaban J connectivity index is 2.85. The summed E-state index contributed by atoms with van der Waals surface area (Å²) < 4.78 is 4.45. The molecule has 0 atom stereocenters.